The van der Waals surface area contributed by atoms with E-state index < -0.39 is 23.2 Å². The van der Waals surface area contributed by atoms with Gasteiger partial charge in [0.25, 0.3) is 0 Å². The highest BCUT2D eigenvalue weighted by Gasteiger charge is 2.38. The molecule has 2 N–H and O–H groups in total. The summed E-state index contributed by atoms with van der Waals surface area (Å²) in [5, 5.41) is 22.0. The number of halogens is 4. The van der Waals surface area contributed by atoms with Gasteiger partial charge in [0.15, 0.2) is 11.4 Å². The van der Waals surface area contributed by atoms with E-state index in [1.807, 2.05) is 6.07 Å². The van der Waals surface area contributed by atoms with Gasteiger partial charge in [0.2, 0.25) is 5.89 Å². The number of aromatic nitrogens is 4. The number of hydrogen-bond donors (Lipinski definition) is 2. The molecule has 2 atom stereocenters. The average Bonchev–Trinajstić information content (AvgIpc) is 3.64. The van der Waals surface area contributed by atoms with Gasteiger partial charge in [-0.25, -0.2) is 9.37 Å². The van der Waals surface area contributed by atoms with Crippen molar-refractivity contribution < 1.29 is 27.1 Å². The van der Waals surface area contributed by atoms with Gasteiger partial charge in [0.05, 0.1) is 5.60 Å². The minimum Gasteiger partial charge on any atom is -0.435 e. The molecule has 0 aliphatic heterocycles. The van der Waals surface area contributed by atoms with Crippen molar-refractivity contribution in [1.29, 1.82) is 0 Å². The molecule has 1 aliphatic carbocycles. The fraction of sp³-hybridized carbons (Fsp3) is 0.300. The van der Waals surface area contributed by atoms with Crippen LogP contribution >= 0.6 is 0 Å². The lowest BCUT2D eigenvalue weighted by molar-refractivity contribution is -0.136. The van der Waals surface area contributed by atoms with E-state index in [-0.39, 0.29) is 29.6 Å². The molecule has 0 radical (unpaired) electrons. The second kappa shape index (κ2) is 10.1. The number of benzene rings is 3. The summed E-state index contributed by atoms with van der Waals surface area (Å²) in [6.07, 6.45) is -0.962. The monoisotopic (exact) mass is 565 g/mol. The lowest BCUT2D eigenvalue weighted by Crippen LogP contribution is -2.44. The predicted octanol–water partition coefficient (Wildman–Crippen LogP) is 6.51. The van der Waals surface area contributed by atoms with Crippen LogP contribution < -0.4 is 5.32 Å². The van der Waals surface area contributed by atoms with Crippen molar-refractivity contribution >= 4 is 11.1 Å². The van der Waals surface area contributed by atoms with Gasteiger partial charge in [-0.2, -0.15) is 13.2 Å². The molecule has 6 rings (SSSR count). The van der Waals surface area contributed by atoms with Crippen LogP contribution in [0.15, 0.2) is 65.3 Å². The molecule has 1 saturated carbocycles. The van der Waals surface area contributed by atoms with Gasteiger partial charge in [-0.05, 0) is 73.2 Å². The van der Waals surface area contributed by atoms with Crippen LogP contribution in [0.1, 0.15) is 37.3 Å². The molecule has 2 heterocycles. The van der Waals surface area contributed by atoms with Crippen molar-refractivity contribution in [2.45, 2.75) is 50.6 Å². The Labute approximate surface area is 232 Å². The molecule has 5 aromatic rings. The van der Waals surface area contributed by atoms with E-state index in [0.717, 1.165) is 18.9 Å². The maximum atomic E-state index is 14.2. The summed E-state index contributed by atoms with van der Waals surface area (Å²) in [7, 11) is 1.75. The van der Waals surface area contributed by atoms with Gasteiger partial charge >= 0.3 is 6.18 Å². The molecular weight excluding hydrogens is 538 g/mol. The highest BCUT2D eigenvalue weighted by atomic mass is 19.4. The lowest BCUT2D eigenvalue weighted by atomic mass is 9.94. The smallest absolute Gasteiger partial charge is 0.420 e. The highest BCUT2D eigenvalue weighted by Crippen LogP contribution is 2.42. The third kappa shape index (κ3) is 5.11. The van der Waals surface area contributed by atoms with Gasteiger partial charge in [0, 0.05) is 30.8 Å². The van der Waals surface area contributed by atoms with Crippen LogP contribution in [-0.4, -0.2) is 36.5 Å². The molecule has 1 fully saturated rings. The maximum Gasteiger partial charge on any atom is 0.420 e. The molecule has 1 aliphatic rings. The fourth-order valence-corrected chi connectivity index (χ4v) is 5.58. The molecule has 11 heteroatoms. The van der Waals surface area contributed by atoms with E-state index in [2.05, 4.69) is 20.5 Å². The predicted molar refractivity (Wildman–Crippen MR) is 145 cm³/mol. The van der Waals surface area contributed by atoms with Crippen molar-refractivity contribution in [3.8, 4) is 34.0 Å². The van der Waals surface area contributed by atoms with E-state index in [4.69, 9.17) is 4.42 Å². The number of aryl methyl sites for hydroxylation is 1. The van der Waals surface area contributed by atoms with E-state index in [9.17, 15) is 22.7 Å². The van der Waals surface area contributed by atoms with Gasteiger partial charge in [0.1, 0.15) is 23.2 Å². The summed E-state index contributed by atoms with van der Waals surface area (Å²) < 4.78 is 64.0. The summed E-state index contributed by atoms with van der Waals surface area (Å²) in [6.45, 7) is 1.87. The summed E-state index contributed by atoms with van der Waals surface area (Å²) in [6, 6.07) is 13.5. The van der Waals surface area contributed by atoms with Crippen LogP contribution in [0, 0.1) is 5.82 Å². The Hall–Kier alpha value is -4.09. The number of alkyl halides is 3. The standard InChI is InChI=1S/C30H27F4N5O2/c1-29(40)12-4-7-24(29)35-15-17-13-22(30(32,33)34)26-23(14-17)37-28(41-26)21-6-3-5-20(18-8-10-19(31)11-9-18)25(21)27-38-36-16-39(27)2/h3,5-6,8-11,13-14,16,24,35,40H,4,7,12,15H2,1-2H3. The summed E-state index contributed by atoms with van der Waals surface area (Å²) >= 11 is 0. The molecule has 7 nitrogen and oxygen atoms in total. The zero-order chi connectivity index (χ0) is 28.9. The van der Waals surface area contributed by atoms with E-state index in [1.165, 1.54) is 18.5 Å². The Morgan fingerprint density at radius 3 is 2.54 bits per heavy atom. The van der Waals surface area contributed by atoms with E-state index >= 15 is 0 Å². The summed E-state index contributed by atoms with van der Waals surface area (Å²) in [5.41, 5.74) is 0.489. The third-order valence-electron chi connectivity index (χ3n) is 7.72. The van der Waals surface area contributed by atoms with E-state index in [1.54, 1.807) is 48.9 Å². The first-order chi connectivity index (χ1) is 19.5. The molecule has 0 bridgehead atoms. The second-order valence-electron chi connectivity index (χ2n) is 10.7. The van der Waals surface area contributed by atoms with Gasteiger partial charge in [-0.15, -0.1) is 10.2 Å². The molecule has 0 amide bonds. The molecule has 2 aromatic heterocycles. The molecule has 41 heavy (non-hydrogen) atoms. The van der Waals surface area contributed by atoms with Crippen molar-refractivity contribution in [2.75, 3.05) is 0 Å². The number of hydrogen-bond acceptors (Lipinski definition) is 6. The highest BCUT2D eigenvalue weighted by molar-refractivity contribution is 5.92. The van der Waals surface area contributed by atoms with Crippen LogP contribution in [-0.2, 0) is 19.8 Å². The quantitative estimate of drug-likeness (QED) is 0.228. The minimum atomic E-state index is -4.69. The van der Waals surface area contributed by atoms with Crippen molar-refractivity contribution in [3.05, 3.63) is 77.9 Å². The maximum absolute atomic E-state index is 14.2. The van der Waals surface area contributed by atoms with Crippen LogP contribution in [0.2, 0.25) is 0 Å². The molecule has 0 saturated heterocycles. The Bertz CT molecular complexity index is 1720. The zero-order valence-corrected chi connectivity index (χ0v) is 22.3. The molecular formula is C30H27F4N5O2. The molecule has 2 unspecified atom stereocenters. The van der Waals surface area contributed by atoms with Gasteiger partial charge in [-0.1, -0.05) is 24.3 Å². The first-order valence-electron chi connectivity index (χ1n) is 13.2. The van der Waals surface area contributed by atoms with Gasteiger partial charge < -0.3 is 19.4 Å². The van der Waals surface area contributed by atoms with Crippen LogP contribution in [0.25, 0.3) is 45.1 Å². The van der Waals surface area contributed by atoms with E-state index in [0.29, 0.717) is 40.1 Å². The van der Waals surface area contributed by atoms with Crippen molar-refractivity contribution in [1.82, 2.24) is 25.1 Å². The molecule has 212 valence electrons. The number of aliphatic hydroxyl groups is 1. The average molecular weight is 566 g/mol. The minimum absolute atomic E-state index is 0.0173. The van der Waals surface area contributed by atoms with Crippen LogP contribution in [0.5, 0.6) is 0 Å². The number of oxazole rings is 1. The Morgan fingerprint density at radius 2 is 1.88 bits per heavy atom. The number of rotatable bonds is 6. The Kier molecular flexibility index (Phi) is 6.66. The first-order valence-corrected chi connectivity index (χ1v) is 13.2. The number of nitrogens with zero attached hydrogens (tertiary/aromatic N) is 4. The molecule has 3 aromatic carbocycles. The largest absolute Gasteiger partial charge is 0.435 e. The topological polar surface area (TPSA) is 89.0 Å². The zero-order valence-electron chi connectivity index (χ0n) is 22.3. The summed E-state index contributed by atoms with van der Waals surface area (Å²) in [4.78, 5) is 4.51. The lowest BCUT2D eigenvalue weighted by Gasteiger charge is -2.26. The number of fused-ring (bicyclic) bond motifs is 1. The van der Waals surface area contributed by atoms with Crippen molar-refractivity contribution in [3.63, 3.8) is 0 Å². The first kappa shape index (κ1) is 27.1. The number of nitrogens with one attached hydrogen (secondary N) is 1. The Balaban J connectivity index is 1.49. The SMILES string of the molecule is Cn1cnnc1-c1c(-c2ccc(F)cc2)cccc1-c1nc2cc(CNC3CCCC3(C)O)cc(C(F)(F)F)c2o1. The Morgan fingerprint density at radius 1 is 1.12 bits per heavy atom. The second-order valence-corrected chi connectivity index (χ2v) is 10.7. The normalized spacial score (nSPS) is 19.3. The fourth-order valence-electron chi connectivity index (χ4n) is 5.58. The van der Waals surface area contributed by atoms with Crippen LogP contribution in [0.4, 0.5) is 17.6 Å². The van der Waals surface area contributed by atoms with Gasteiger partial charge in [-0.3, -0.25) is 0 Å². The summed E-state index contributed by atoms with van der Waals surface area (Å²) in [5.74, 6) is 0.0219. The third-order valence-corrected chi connectivity index (χ3v) is 7.72. The van der Waals surface area contributed by atoms with Crippen LogP contribution in [0.3, 0.4) is 0 Å². The molecule has 0 spiro atoms. The van der Waals surface area contributed by atoms with Crippen molar-refractivity contribution in [2.24, 2.45) is 7.05 Å².